The molecule has 0 aliphatic heterocycles. The van der Waals surface area contributed by atoms with E-state index >= 15 is 0 Å². The molecule has 0 spiro atoms. The van der Waals surface area contributed by atoms with Gasteiger partial charge in [0, 0.05) is 11.3 Å². The maximum Gasteiger partial charge on any atom is 0.257 e. The standard InChI is InChI=1S/C20H21N3O3S/c1-13-4-9-17(14(2)10-13)21-19(24)12-27-11-18-22-20(26-23-18)15-5-7-16(25-3)8-6-15/h4-10H,11-12H2,1-3H3,(H,21,24). The van der Waals surface area contributed by atoms with E-state index in [0.717, 1.165) is 22.6 Å². The maximum absolute atomic E-state index is 12.1. The fraction of sp³-hybridized carbons (Fsp3) is 0.250. The number of nitrogens with one attached hydrogen (secondary N) is 1. The number of aryl methyl sites for hydroxylation is 2. The van der Waals surface area contributed by atoms with Gasteiger partial charge in [0.25, 0.3) is 5.89 Å². The summed E-state index contributed by atoms with van der Waals surface area (Å²) >= 11 is 1.44. The van der Waals surface area contributed by atoms with Crippen LogP contribution in [0.2, 0.25) is 0 Å². The number of amides is 1. The van der Waals surface area contributed by atoms with E-state index < -0.39 is 0 Å². The summed E-state index contributed by atoms with van der Waals surface area (Å²) in [5.41, 5.74) is 3.89. The van der Waals surface area contributed by atoms with Gasteiger partial charge in [0.1, 0.15) is 5.75 Å². The average molecular weight is 383 g/mol. The minimum Gasteiger partial charge on any atom is -0.497 e. The molecule has 2 aromatic carbocycles. The summed E-state index contributed by atoms with van der Waals surface area (Å²) < 4.78 is 10.4. The molecule has 0 radical (unpaired) electrons. The first-order valence-electron chi connectivity index (χ1n) is 8.47. The molecular formula is C20H21N3O3S. The van der Waals surface area contributed by atoms with Crippen molar-refractivity contribution in [3.8, 4) is 17.2 Å². The lowest BCUT2D eigenvalue weighted by Gasteiger charge is -2.08. The van der Waals surface area contributed by atoms with Gasteiger partial charge in [-0.25, -0.2) is 0 Å². The van der Waals surface area contributed by atoms with E-state index in [9.17, 15) is 4.79 Å². The van der Waals surface area contributed by atoms with Crippen LogP contribution in [0.1, 0.15) is 17.0 Å². The zero-order chi connectivity index (χ0) is 19.2. The van der Waals surface area contributed by atoms with E-state index in [-0.39, 0.29) is 5.91 Å². The van der Waals surface area contributed by atoms with Gasteiger partial charge in [-0.05, 0) is 49.7 Å². The summed E-state index contributed by atoms with van der Waals surface area (Å²) in [5.74, 6) is 2.55. The van der Waals surface area contributed by atoms with Crippen LogP contribution in [0.25, 0.3) is 11.5 Å². The van der Waals surface area contributed by atoms with Gasteiger partial charge in [-0.3, -0.25) is 4.79 Å². The normalized spacial score (nSPS) is 10.6. The van der Waals surface area contributed by atoms with Crippen LogP contribution in [0.15, 0.2) is 47.0 Å². The lowest BCUT2D eigenvalue weighted by molar-refractivity contribution is -0.113. The molecule has 0 unspecified atom stereocenters. The smallest absolute Gasteiger partial charge is 0.257 e. The molecule has 1 aromatic heterocycles. The zero-order valence-corrected chi connectivity index (χ0v) is 16.3. The van der Waals surface area contributed by atoms with Crippen molar-refractivity contribution in [3.63, 3.8) is 0 Å². The highest BCUT2D eigenvalue weighted by Gasteiger charge is 2.11. The van der Waals surface area contributed by atoms with Gasteiger partial charge in [-0.2, -0.15) is 4.98 Å². The molecule has 3 rings (SSSR count). The third-order valence-corrected chi connectivity index (χ3v) is 4.85. The first-order chi connectivity index (χ1) is 13.0. The largest absolute Gasteiger partial charge is 0.497 e. The number of anilines is 1. The molecule has 0 fully saturated rings. The lowest BCUT2D eigenvalue weighted by atomic mass is 10.1. The van der Waals surface area contributed by atoms with Crippen LogP contribution < -0.4 is 10.1 Å². The number of ether oxygens (including phenoxy) is 1. The van der Waals surface area contributed by atoms with Crippen molar-refractivity contribution in [1.29, 1.82) is 0 Å². The summed E-state index contributed by atoms with van der Waals surface area (Å²) in [6.45, 7) is 4.01. The van der Waals surface area contributed by atoms with Gasteiger partial charge in [0.15, 0.2) is 5.82 Å². The molecule has 0 aliphatic rings. The third-order valence-electron chi connectivity index (χ3n) is 3.93. The molecule has 7 heteroatoms. The predicted octanol–water partition coefficient (Wildman–Crippen LogP) is 4.23. The summed E-state index contributed by atoms with van der Waals surface area (Å²) in [6.07, 6.45) is 0. The molecule has 0 atom stereocenters. The van der Waals surface area contributed by atoms with E-state index in [2.05, 4.69) is 15.5 Å². The highest BCUT2D eigenvalue weighted by molar-refractivity contribution is 7.99. The SMILES string of the molecule is COc1ccc(-c2nc(CSCC(=O)Nc3ccc(C)cc3C)no2)cc1. The molecule has 1 N–H and O–H groups in total. The second-order valence-corrected chi connectivity index (χ2v) is 7.09. The van der Waals surface area contributed by atoms with E-state index in [1.54, 1.807) is 7.11 Å². The number of methoxy groups -OCH3 is 1. The number of nitrogens with zero attached hydrogens (tertiary/aromatic N) is 2. The maximum atomic E-state index is 12.1. The average Bonchev–Trinajstić information content (AvgIpc) is 3.13. The number of thioether (sulfide) groups is 1. The van der Waals surface area contributed by atoms with Crippen molar-refractivity contribution < 1.29 is 14.1 Å². The number of hydrogen-bond donors (Lipinski definition) is 1. The lowest BCUT2D eigenvalue weighted by Crippen LogP contribution is -2.15. The Hall–Kier alpha value is -2.80. The molecule has 0 saturated carbocycles. The molecule has 27 heavy (non-hydrogen) atoms. The van der Waals surface area contributed by atoms with E-state index in [0.29, 0.717) is 23.2 Å². The van der Waals surface area contributed by atoms with E-state index in [1.165, 1.54) is 17.3 Å². The first-order valence-corrected chi connectivity index (χ1v) is 9.62. The molecule has 0 bridgehead atoms. The predicted molar refractivity (Wildman–Crippen MR) is 107 cm³/mol. The van der Waals surface area contributed by atoms with Crippen LogP contribution in [-0.4, -0.2) is 28.9 Å². The summed E-state index contributed by atoms with van der Waals surface area (Å²) in [7, 11) is 1.62. The zero-order valence-electron chi connectivity index (χ0n) is 15.5. The Morgan fingerprint density at radius 3 is 2.67 bits per heavy atom. The second-order valence-electron chi connectivity index (χ2n) is 6.10. The Morgan fingerprint density at radius 2 is 1.96 bits per heavy atom. The van der Waals surface area contributed by atoms with Crippen LogP contribution in [0, 0.1) is 13.8 Å². The van der Waals surface area contributed by atoms with Crippen molar-refractivity contribution >= 4 is 23.4 Å². The first kappa shape index (κ1) is 19.0. The Bertz CT molecular complexity index is 922. The van der Waals surface area contributed by atoms with Crippen LogP contribution in [0.3, 0.4) is 0 Å². The molecule has 140 valence electrons. The molecule has 0 aliphatic carbocycles. The molecular weight excluding hydrogens is 362 g/mol. The van der Waals surface area contributed by atoms with Crippen molar-refractivity contribution in [1.82, 2.24) is 10.1 Å². The number of hydrogen-bond acceptors (Lipinski definition) is 6. The molecule has 1 heterocycles. The van der Waals surface area contributed by atoms with E-state index in [4.69, 9.17) is 9.26 Å². The number of rotatable bonds is 7. The number of carbonyl (C=O) groups is 1. The highest BCUT2D eigenvalue weighted by Crippen LogP contribution is 2.22. The van der Waals surface area contributed by atoms with Crippen LogP contribution in [0.4, 0.5) is 5.69 Å². The number of aromatic nitrogens is 2. The fourth-order valence-electron chi connectivity index (χ4n) is 2.54. The molecule has 0 saturated heterocycles. The van der Waals surface area contributed by atoms with Gasteiger partial charge in [0.2, 0.25) is 5.91 Å². The summed E-state index contributed by atoms with van der Waals surface area (Å²) in [4.78, 5) is 16.5. The van der Waals surface area contributed by atoms with Crippen molar-refractivity contribution in [3.05, 3.63) is 59.4 Å². The van der Waals surface area contributed by atoms with Crippen molar-refractivity contribution in [2.45, 2.75) is 19.6 Å². The Balaban J connectivity index is 1.50. The number of carbonyl (C=O) groups excluding carboxylic acids is 1. The summed E-state index contributed by atoms with van der Waals surface area (Å²) in [5, 5.41) is 6.90. The van der Waals surface area contributed by atoms with Gasteiger partial charge >= 0.3 is 0 Å². The second kappa shape index (κ2) is 8.73. The quantitative estimate of drug-likeness (QED) is 0.658. The molecule has 3 aromatic rings. The Morgan fingerprint density at radius 1 is 1.19 bits per heavy atom. The van der Waals surface area contributed by atoms with E-state index in [1.807, 2.05) is 56.3 Å². The summed E-state index contributed by atoms with van der Waals surface area (Å²) in [6, 6.07) is 13.4. The Kier molecular flexibility index (Phi) is 6.13. The third kappa shape index (κ3) is 5.10. The Labute approximate surface area is 162 Å². The minimum absolute atomic E-state index is 0.0502. The van der Waals surface area contributed by atoms with Gasteiger partial charge < -0.3 is 14.6 Å². The fourth-order valence-corrected chi connectivity index (χ4v) is 3.20. The minimum atomic E-state index is -0.0502. The van der Waals surface area contributed by atoms with Gasteiger partial charge in [0.05, 0.1) is 18.6 Å². The van der Waals surface area contributed by atoms with Crippen molar-refractivity contribution in [2.75, 3.05) is 18.2 Å². The van der Waals surface area contributed by atoms with Crippen LogP contribution in [-0.2, 0) is 10.5 Å². The highest BCUT2D eigenvalue weighted by atomic mass is 32.2. The molecule has 1 amide bonds. The number of benzene rings is 2. The van der Waals surface area contributed by atoms with Crippen LogP contribution in [0.5, 0.6) is 5.75 Å². The van der Waals surface area contributed by atoms with Gasteiger partial charge in [-0.15, -0.1) is 11.8 Å². The molecule has 6 nitrogen and oxygen atoms in total. The monoisotopic (exact) mass is 383 g/mol. The topological polar surface area (TPSA) is 77.2 Å². The van der Waals surface area contributed by atoms with Crippen LogP contribution >= 0.6 is 11.8 Å². The van der Waals surface area contributed by atoms with Gasteiger partial charge in [-0.1, -0.05) is 22.9 Å². The van der Waals surface area contributed by atoms with Crippen molar-refractivity contribution in [2.24, 2.45) is 0 Å².